The average molecular weight is 270 g/mol. The number of fused-ring (bicyclic) bond motifs is 1. The molecule has 2 aromatic rings. The molecule has 1 aromatic carbocycles. The topological polar surface area (TPSA) is 44.0 Å². The third-order valence-corrected chi connectivity index (χ3v) is 3.96. The highest BCUT2D eigenvalue weighted by atomic mass is 15.1. The Bertz CT molecular complexity index is 582. The predicted octanol–water partition coefficient (Wildman–Crippen LogP) is 2.18. The summed E-state index contributed by atoms with van der Waals surface area (Å²) in [5, 5.41) is 3.58. The van der Waals surface area contributed by atoms with Crippen molar-refractivity contribution in [1.82, 2.24) is 15.3 Å². The fraction of sp³-hybridized carbons (Fsp3) is 0.438. The Hall–Kier alpha value is -1.81. The van der Waals surface area contributed by atoms with Gasteiger partial charge in [0.25, 0.3) is 0 Å². The molecule has 2 heterocycles. The smallest absolute Gasteiger partial charge is 0.0925 e. The molecule has 0 bridgehead atoms. The monoisotopic (exact) mass is 270 g/mol. The van der Waals surface area contributed by atoms with Gasteiger partial charge in [0.15, 0.2) is 0 Å². The Morgan fingerprint density at radius 2 is 2.00 bits per heavy atom. The number of imidazole rings is 1. The number of H-pyrrole nitrogens is 1. The molecule has 4 heteroatoms. The van der Waals surface area contributed by atoms with E-state index >= 15 is 0 Å². The lowest BCUT2D eigenvalue weighted by atomic mass is 10.0. The number of anilines is 1. The van der Waals surface area contributed by atoms with Crippen molar-refractivity contribution in [2.45, 2.75) is 32.9 Å². The van der Waals surface area contributed by atoms with Crippen LogP contribution in [0.2, 0.25) is 0 Å². The zero-order chi connectivity index (χ0) is 14.1. The lowest BCUT2D eigenvalue weighted by Crippen LogP contribution is -2.43. The van der Waals surface area contributed by atoms with Gasteiger partial charge in [0, 0.05) is 38.3 Å². The fourth-order valence-electron chi connectivity index (χ4n) is 2.97. The molecule has 20 heavy (non-hydrogen) atoms. The van der Waals surface area contributed by atoms with Crippen LogP contribution in [0.5, 0.6) is 0 Å². The third-order valence-electron chi connectivity index (χ3n) is 3.96. The van der Waals surface area contributed by atoms with E-state index in [0.717, 1.165) is 19.5 Å². The lowest BCUT2D eigenvalue weighted by Gasteiger charge is -2.29. The van der Waals surface area contributed by atoms with Gasteiger partial charge in [-0.15, -0.1) is 0 Å². The molecule has 0 saturated carbocycles. The second-order valence-electron chi connectivity index (χ2n) is 5.84. The Kier molecular flexibility index (Phi) is 3.49. The molecule has 0 aliphatic carbocycles. The number of likely N-dealkylation sites (N-methyl/N-ethyl adjacent to an activating group) is 1. The summed E-state index contributed by atoms with van der Waals surface area (Å²) in [5.74, 6) is 0. The van der Waals surface area contributed by atoms with Crippen molar-refractivity contribution in [2.24, 2.45) is 0 Å². The molecular weight excluding hydrogens is 248 g/mol. The number of hydrogen-bond acceptors (Lipinski definition) is 3. The maximum absolute atomic E-state index is 4.40. The number of nitrogens with one attached hydrogen (secondary N) is 2. The van der Waals surface area contributed by atoms with E-state index in [1.807, 2.05) is 0 Å². The molecule has 2 N–H and O–H groups in total. The van der Waals surface area contributed by atoms with Crippen LogP contribution in [0.1, 0.15) is 22.5 Å². The molecule has 3 rings (SSSR count). The van der Waals surface area contributed by atoms with Crippen molar-refractivity contribution in [2.75, 3.05) is 18.5 Å². The molecule has 0 saturated heterocycles. The van der Waals surface area contributed by atoms with E-state index in [1.54, 1.807) is 6.33 Å². The number of aryl methyl sites for hydroxylation is 2. The van der Waals surface area contributed by atoms with Gasteiger partial charge >= 0.3 is 0 Å². The average Bonchev–Trinajstić information content (AvgIpc) is 2.85. The van der Waals surface area contributed by atoms with E-state index in [0.29, 0.717) is 6.04 Å². The van der Waals surface area contributed by atoms with E-state index in [2.05, 4.69) is 59.3 Å². The SMILES string of the molecule is Cc1cc(C)cc(N(C)CC2Cc3nc[nH]c3CN2)c1. The maximum atomic E-state index is 4.40. The van der Waals surface area contributed by atoms with E-state index in [9.17, 15) is 0 Å². The minimum Gasteiger partial charge on any atom is -0.373 e. The van der Waals surface area contributed by atoms with Crippen LogP contribution in [-0.2, 0) is 13.0 Å². The van der Waals surface area contributed by atoms with Gasteiger partial charge in [0.1, 0.15) is 0 Å². The predicted molar refractivity (Wildman–Crippen MR) is 82.1 cm³/mol. The van der Waals surface area contributed by atoms with Crippen LogP contribution in [0, 0.1) is 13.8 Å². The minimum absolute atomic E-state index is 0.455. The summed E-state index contributed by atoms with van der Waals surface area (Å²) in [4.78, 5) is 9.92. The first-order valence-corrected chi connectivity index (χ1v) is 7.16. The van der Waals surface area contributed by atoms with Crippen LogP contribution in [0.25, 0.3) is 0 Å². The van der Waals surface area contributed by atoms with E-state index in [1.165, 1.54) is 28.2 Å². The van der Waals surface area contributed by atoms with Gasteiger partial charge in [0.2, 0.25) is 0 Å². The van der Waals surface area contributed by atoms with Crippen LogP contribution in [-0.4, -0.2) is 29.6 Å². The normalized spacial score (nSPS) is 17.9. The highest BCUT2D eigenvalue weighted by Gasteiger charge is 2.21. The molecule has 0 spiro atoms. The minimum atomic E-state index is 0.455. The van der Waals surface area contributed by atoms with Gasteiger partial charge < -0.3 is 15.2 Å². The van der Waals surface area contributed by atoms with E-state index < -0.39 is 0 Å². The first kappa shape index (κ1) is 13.2. The van der Waals surface area contributed by atoms with Crippen LogP contribution in [0.15, 0.2) is 24.5 Å². The molecule has 0 amide bonds. The first-order valence-electron chi connectivity index (χ1n) is 7.16. The molecule has 1 atom stereocenters. The molecule has 1 aliphatic rings. The number of aromatic amines is 1. The number of benzene rings is 1. The first-order chi connectivity index (χ1) is 9.61. The molecule has 1 unspecified atom stereocenters. The second-order valence-corrected chi connectivity index (χ2v) is 5.84. The largest absolute Gasteiger partial charge is 0.373 e. The molecule has 0 radical (unpaired) electrons. The molecular formula is C16H22N4. The summed E-state index contributed by atoms with van der Waals surface area (Å²) < 4.78 is 0. The van der Waals surface area contributed by atoms with Gasteiger partial charge in [-0.05, 0) is 37.1 Å². The summed E-state index contributed by atoms with van der Waals surface area (Å²) in [6.45, 7) is 6.19. The van der Waals surface area contributed by atoms with Crippen LogP contribution in [0.3, 0.4) is 0 Å². The quantitative estimate of drug-likeness (QED) is 0.898. The Labute approximate surface area is 120 Å². The summed E-state index contributed by atoms with van der Waals surface area (Å²) in [5.41, 5.74) is 6.37. The summed E-state index contributed by atoms with van der Waals surface area (Å²) in [6, 6.07) is 7.16. The highest BCUT2D eigenvalue weighted by Crippen LogP contribution is 2.19. The zero-order valence-electron chi connectivity index (χ0n) is 12.4. The van der Waals surface area contributed by atoms with Crippen LogP contribution >= 0.6 is 0 Å². The highest BCUT2D eigenvalue weighted by molar-refractivity contribution is 5.50. The van der Waals surface area contributed by atoms with Crippen LogP contribution in [0.4, 0.5) is 5.69 Å². The van der Waals surface area contributed by atoms with Crippen molar-refractivity contribution in [3.05, 3.63) is 47.0 Å². The number of aromatic nitrogens is 2. The zero-order valence-corrected chi connectivity index (χ0v) is 12.4. The van der Waals surface area contributed by atoms with Crippen molar-refractivity contribution in [3.8, 4) is 0 Å². The molecule has 1 aliphatic heterocycles. The summed E-state index contributed by atoms with van der Waals surface area (Å²) >= 11 is 0. The Morgan fingerprint density at radius 1 is 1.25 bits per heavy atom. The van der Waals surface area contributed by atoms with Gasteiger partial charge in [-0.2, -0.15) is 0 Å². The summed E-state index contributed by atoms with van der Waals surface area (Å²) in [6.07, 6.45) is 2.79. The van der Waals surface area contributed by atoms with E-state index in [-0.39, 0.29) is 0 Å². The lowest BCUT2D eigenvalue weighted by molar-refractivity contribution is 0.472. The van der Waals surface area contributed by atoms with Crippen molar-refractivity contribution in [3.63, 3.8) is 0 Å². The molecule has 0 fully saturated rings. The molecule has 4 nitrogen and oxygen atoms in total. The Morgan fingerprint density at radius 3 is 2.75 bits per heavy atom. The van der Waals surface area contributed by atoms with Gasteiger partial charge in [0.05, 0.1) is 17.7 Å². The Balaban J connectivity index is 1.69. The van der Waals surface area contributed by atoms with Gasteiger partial charge in [-0.25, -0.2) is 4.98 Å². The standard InChI is InChI=1S/C16H22N4/c1-11-4-12(2)6-14(5-11)20(3)9-13-7-15-16(8-17-13)19-10-18-15/h4-6,10,13,17H,7-9H2,1-3H3,(H,18,19). The number of hydrogen-bond donors (Lipinski definition) is 2. The van der Waals surface area contributed by atoms with Crippen molar-refractivity contribution < 1.29 is 0 Å². The number of rotatable bonds is 3. The van der Waals surface area contributed by atoms with Crippen molar-refractivity contribution in [1.29, 1.82) is 0 Å². The number of nitrogens with zero attached hydrogens (tertiary/aromatic N) is 2. The van der Waals surface area contributed by atoms with Crippen LogP contribution < -0.4 is 10.2 Å². The van der Waals surface area contributed by atoms with Gasteiger partial charge in [-0.3, -0.25) is 0 Å². The molecule has 1 aromatic heterocycles. The second kappa shape index (κ2) is 5.29. The van der Waals surface area contributed by atoms with Crippen molar-refractivity contribution >= 4 is 5.69 Å². The van der Waals surface area contributed by atoms with Gasteiger partial charge in [-0.1, -0.05) is 6.07 Å². The molecule has 106 valence electrons. The third kappa shape index (κ3) is 2.70. The van der Waals surface area contributed by atoms with E-state index in [4.69, 9.17) is 0 Å². The maximum Gasteiger partial charge on any atom is 0.0925 e. The summed E-state index contributed by atoms with van der Waals surface area (Å²) in [7, 11) is 2.16. The fourth-order valence-corrected chi connectivity index (χ4v) is 2.97.